The number of nitrogens with zero attached hydrogens (tertiary/aromatic N) is 1. The third-order valence-corrected chi connectivity index (χ3v) is 7.34. The van der Waals surface area contributed by atoms with Crippen LogP contribution in [0.15, 0.2) is 76.0 Å². The summed E-state index contributed by atoms with van der Waals surface area (Å²) in [6.45, 7) is 5.57. The molecule has 5 aromatic rings. The van der Waals surface area contributed by atoms with Crippen molar-refractivity contribution < 1.29 is 27.5 Å². The van der Waals surface area contributed by atoms with Gasteiger partial charge in [0, 0.05) is 40.5 Å². The largest absolute Gasteiger partial charge is 0.485 e. The number of carbonyl (C=O) groups is 1. The van der Waals surface area contributed by atoms with Gasteiger partial charge in [0.05, 0.1) is 21.4 Å². The Morgan fingerprint density at radius 1 is 1.05 bits per heavy atom. The Morgan fingerprint density at radius 3 is 2.37 bits per heavy atom. The molecular formula is C28H24N2NaO6S. The Morgan fingerprint density at radius 2 is 1.74 bits per heavy atom. The van der Waals surface area contributed by atoms with Gasteiger partial charge < -0.3 is 14.3 Å². The van der Waals surface area contributed by atoms with Crippen LogP contribution in [-0.4, -0.2) is 54.0 Å². The van der Waals surface area contributed by atoms with E-state index in [1.165, 1.54) is 18.2 Å². The molecule has 5 rings (SSSR count). The number of carboxylic acid groups (broad SMARTS) is 1. The topological polar surface area (TPSA) is 133 Å². The number of pyridine rings is 1. The van der Waals surface area contributed by atoms with Crippen molar-refractivity contribution in [1.82, 2.24) is 4.98 Å². The maximum absolute atomic E-state index is 12.4. The second-order valence-corrected chi connectivity index (χ2v) is 10.5. The summed E-state index contributed by atoms with van der Waals surface area (Å²) in [7, 11) is -3.81. The van der Waals surface area contributed by atoms with Crippen molar-refractivity contribution in [2.24, 2.45) is 5.14 Å². The Hall–Kier alpha value is -3.21. The van der Waals surface area contributed by atoms with Crippen LogP contribution in [0, 0.1) is 13.8 Å². The molecule has 1 atom stereocenters. The predicted molar refractivity (Wildman–Crippen MR) is 146 cm³/mol. The molecule has 1 radical (unpaired) electrons. The van der Waals surface area contributed by atoms with Crippen LogP contribution in [0.25, 0.3) is 33.3 Å². The van der Waals surface area contributed by atoms with Crippen molar-refractivity contribution in [2.45, 2.75) is 31.8 Å². The Labute approximate surface area is 241 Å². The summed E-state index contributed by atoms with van der Waals surface area (Å²) in [6, 6.07) is 18.7. The Kier molecular flexibility index (Phi) is 7.69. The average molecular weight is 540 g/mol. The number of hydrogen-bond donors (Lipinski definition) is 2. The van der Waals surface area contributed by atoms with E-state index in [-0.39, 0.29) is 40.0 Å². The fourth-order valence-electron chi connectivity index (χ4n) is 4.43. The van der Waals surface area contributed by atoms with Gasteiger partial charge in [-0.25, -0.2) is 23.3 Å². The van der Waals surface area contributed by atoms with Crippen LogP contribution in [0.3, 0.4) is 0 Å². The molecule has 3 aromatic carbocycles. The van der Waals surface area contributed by atoms with Crippen molar-refractivity contribution >= 4 is 67.4 Å². The number of furan rings is 1. The molecule has 0 saturated heterocycles. The number of primary sulfonamides is 1. The van der Waals surface area contributed by atoms with E-state index in [1.54, 1.807) is 25.1 Å². The summed E-state index contributed by atoms with van der Waals surface area (Å²) in [5.41, 5.74) is 4.00. The molecule has 3 N–H and O–H groups in total. The number of nitrogens with two attached hydrogens (primary N) is 1. The maximum Gasteiger partial charge on any atom is 0.336 e. The fraction of sp³-hybridized carbons (Fsp3) is 0.143. The van der Waals surface area contributed by atoms with Crippen molar-refractivity contribution in [1.29, 1.82) is 0 Å². The zero-order chi connectivity index (χ0) is 26.5. The molecule has 0 aliphatic rings. The third-order valence-electron chi connectivity index (χ3n) is 6.41. The van der Waals surface area contributed by atoms with E-state index in [0.717, 1.165) is 16.5 Å². The number of para-hydroxylation sites is 1. The van der Waals surface area contributed by atoms with Gasteiger partial charge in [0.25, 0.3) is 0 Å². The number of aryl methyl sites for hydroxylation is 2. The fourth-order valence-corrected chi connectivity index (χ4v) is 4.95. The monoisotopic (exact) mass is 539 g/mol. The number of fused-ring (bicyclic) bond motifs is 2. The van der Waals surface area contributed by atoms with Crippen LogP contribution in [0.1, 0.15) is 40.1 Å². The van der Waals surface area contributed by atoms with Gasteiger partial charge in [0.2, 0.25) is 10.0 Å². The third kappa shape index (κ3) is 5.08. The van der Waals surface area contributed by atoms with Crippen LogP contribution in [0.5, 0.6) is 5.75 Å². The van der Waals surface area contributed by atoms with Crippen molar-refractivity contribution in [3.63, 3.8) is 0 Å². The molecule has 0 aliphatic heterocycles. The van der Waals surface area contributed by atoms with Crippen molar-refractivity contribution in [3.05, 3.63) is 89.0 Å². The summed E-state index contributed by atoms with van der Waals surface area (Å²) < 4.78 is 35.4. The summed E-state index contributed by atoms with van der Waals surface area (Å²) in [5.74, 6) is -0.260. The summed E-state index contributed by atoms with van der Waals surface area (Å²) in [6.07, 6.45) is -0.514. The molecule has 0 amide bonds. The van der Waals surface area contributed by atoms with Crippen molar-refractivity contribution in [2.75, 3.05) is 0 Å². The maximum atomic E-state index is 12.4. The smallest absolute Gasteiger partial charge is 0.336 e. The first-order valence-electron chi connectivity index (χ1n) is 11.5. The second kappa shape index (κ2) is 10.5. The average Bonchev–Trinajstić information content (AvgIpc) is 3.21. The minimum absolute atomic E-state index is 0. The zero-order valence-electron chi connectivity index (χ0n) is 21.3. The Balaban J connectivity index is 0.00000336. The van der Waals surface area contributed by atoms with Crippen LogP contribution in [0.4, 0.5) is 0 Å². The summed E-state index contributed by atoms with van der Waals surface area (Å²) in [4.78, 5) is 17.2. The van der Waals surface area contributed by atoms with Gasteiger partial charge in [-0.05, 0) is 62.2 Å². The zero-order valence-corrected chi connectivity index (χ0v) is 24.2. The van der Waals surface area contributed by atoms with E-state index in [9.17, 15) is 18.3 Å². The van der Waals surface area contributed by atoms with E-state index < -0.39 is 22.1 Å². The first kappa shape index (κ1) is 27.8. The van der Waals surface area contributed by atoms with Crippen LogP contribution < -0.4 is 9.88 Å². The van der Waals surface area contributed by atoms with Gasteiger partial charge in [-0.2, -0.15) is 0 Å². The van der Waals surface area contributed by atoms with Gasteiger partial charge in [-0.1, -0.05) is 36.4 Å². The van der Waals surface area contributed by atoms with Crippen LogP contribution in [-0.2, 0) is 10.0 Å². The molecule has 0 fully saturated rings. The van der Waals surface area contributed by atoms with Gasteiger partial charge in [0.15, 0.2) is 5.76 Å². The number of carboxylic acids is 1. The van der Waals surface area contributed by atoms with Gasteiger partial charge >= 0.3 is 5.97 Å². The summed E-state index contributed by atoms with van der Waals surface area (Å²) >= 11 is 0. The first-order chi connectivity index (χ1) is 17.5. The minimum atomic E-state index is -3.81. The molecule has 2 heterocycles. The molecule has 0 unspecified atom stereocenters. The molecular weight excluding hydrogens is 515 g/mol. The van der Waals surface area contributed by atoms with Gasteiger partial charge in [0.1, 0.15) is 23.1 Å². The molecule has 10 heteroatoms. The van der Waals surface area contributed by atoms with E-state index >= 15 is 0 Å². The molecule has 8 nitrogen and oxygen atoms in total. The van der Waals surface area contributed by atoms with E-state index in [0.29, 0.717) is 39.3 Å². The quantitative estimate of drug-likeness (QED) is 0.277. The van der Waals surface area contributed by atoms with E-state index in [2.05, 4.69) is 0 Å². The number of aromatic carboxylic acids is 1. The first-order valence-corrected chi connectivity index (χ1v) is 13.0. The number of benzene rings is 3. The van der Waals surface area contributed by atoms with Gasteiger partial charge in [-0.3, -0.25) is 0 Å². The number of hydrogen-bond acceptors (Lipinski definition) is 6. The number of ether oxygens (including phenoxy) is 1. The molecule has 0 aliphatic carbocycles. The standard InChI is InChI=1S/C28H24N2O6S.Na/c1-15-8-13-24(35-17(3)18-9-11-19(12-10-18)37(29,33)34)25-21(28(31)32)14-22(30-26(15)25)27-16(2)20-6-4-5-7-23(20)36-27;/h4-14,17H,1-3H3,(H,31,32)(H2,29,33,34);/t17-;/m0./s1. The SMILES string of the molecule is Cc1c(-c2cc(C(=O)O)c3c(O[C@@H](C)c4ccc(S(N)(=O)=O)cc4)ccc(C)c3n2)oc2ccccc12.[Na]. The molecule has 0 bridgehead atoms. The second-order valence-electron chi connectivity index (χ2n) is 8.89. The van der Waals surface area contributed by atoms with E-state index in [1.807, 2.05) is 44.2 Å². The molecule has 2 aromatic heterocycles. The number of sulfonamides is 1. The van der Waals surface area contributed by atoms with Gasteiger partial charge in [-0.15, -0.1) is 0 Å². The van der Waals surface area contributed by atoms with E-state index in [4.69, 9.17) is 19.3 Å². The molecule has 38 heavy (non-hydrogen) atoms. The normalized spacial score (nSPS) is 12.3. The summed E-state index contributed by atoms with van der Waals surface area (Å²) in [5, 5.41) is 16.6. The van der Waals surface area contributed by atoms with Crippen LogP contribution >= 0.6 is 0 Å². The van der Waals surface area contributed by atoms with Crippen molar-refractivity contribution in [3.8, 4) is 17.2 Å². The van der Waals surface area contributed by atoms with Crippen LogP contribution in [0.2, 0.25) is 0 Å². The molecule has 0 saturated carbocycles. The Bertz CT molecular complexity index is 1800. The molecule has 0 spiro atoms. The number of aromatic nitrogens is 1. The predicted octanol–water partition coefficient (Wildman–Crippen LogP) is 5.37. The minimum Gasteiger partial charge on any atom is -0.485 e. The number of rotatable bonds is 6. The molecule has 189 valence electrons.